The van der Waals surface area contributed by atoms with Gasteiger partial charge in [-0.1, -0.05) is 17.7 Å². The first-order valence-electron chi connectivity index (χ1n) is 6.87. The van der Waals surface area contributed by atoms with Crippen LogP contribution in [0.25, 0.3) is 0 Å². The lowest BCUT2D eigenvalue weighted by Gasteiger charge is -2.28. The Hall–Kier alpha value is -1.06. The Morgan fingerprint density at radius 3 is 2.84 bits per heavy atom. The molecule has 0 spiro atoms. The molecule has 19 heavy (non-hydrogen) atoms. The lowest BCUT2D eigenvalue weighted by molar-refractivity contribution is 0.0949. The van der Waals surface area contributed by atoms with Crippen LogP contribution in [0.5, 0.6) is 0 Å². The van der Waals surface area contributed by atoms with E-state index in [9.17, 15) is 4.79 Å². The van der Waals surface area contributed by atoms with E-state index in [1.54, 1.807) is 24.3 Å². The van der Waals surface area contributed by atoms with Crippen LogP contribution in [-0.4, -0.2) is 37.5 Å². The van der Waals surface area contributed by atoms with Gasteiger partial charge < -0.3 is 10.2 Å². The van der Waals surface area contributed by atoms with Crippen molar-refractivity contribution in [2.45, 2.75) is 19.3 Å². The average molecular weight is 281 g/mol. The molecular weight excluding hydrogens is 260 g/mol. The topological polar surface area (TPSA) is 32.3 Å². The molecule has 0 bridgehead atoms. The number of likely N-dealkylation sites (tertiary alicyclic amines) is 1. The molecule has 1 aromatic carbocycles. The summed E-state index contributed by atoms with van der Waals surface area (Å²) in [5.41, 5.74) is 0.635. The summed E-state index contributed by atoms with van der Waals surface area (Å²) in [4.78, 5) is 14.3. The van der Waals surface area contributed by atoms with E-state index in [2.05, 4.69) is 17.3 Å². The number of carbonyl (C=O) groups is 1. The Labute approximate surface area is 119 Å². The first-order chi connectivity index (χ1) is 9.15. The van der Waals surface area contributed by atoms with Crippen molar-refractivity contribution in [1.29, 1.82) is 0 Å². The predicted molar refractivity (Wildman–Crippen MR) is 78.6 cm³/mol. The smallest absolute Gasteiger partial charge is 0.251 e. The van der Waals surface area contributed by atoms with Gasteiger partial charge in [0.2, 0.25) is 0 Å². The number of piperidine rings is 1. The van der Waals surface area contributed by atoms with Crippen LogP contribution in [0, 0.1) is 5.92 Å². The first-order valence-corrected chi connectivity index (χ1v) is 7.25. The number of hydrogen-bond acceptors (Lipinski definition) is 2. The number of rotatable bonds is 4. The molecule has 1 aromatic rings. The molecule has 1 aliphatic heterocycles. The highest BCUT2D eigenvalue weighted by Gasteiger charge is 2.16. The summed E-state index contributed by atoms with van der Waals surface area (Å²) in [6.07, 6.45) is 3.55. The molecule has 0 atom stereocenters. The van der Waals surface area contributed by atoms with Crippen LogP contribution in [0.15, 0.2) is 24.3 Å². The molecule has 1 aliphatic rings. The van der Waals surface area contributed by atoms with E-state index in [-0.39, 0.29) is 5.91 Å². The van der Waals surface area contributed by atoms with E-state index in [1.165, 1.54) is 25.9 Å². The van der Waals surface area contributed by atoms with Gasteiger partial charge in [-0.05, 0) is 63.5 Å². The van der Waals surface area contributed by atoms with Crippen LogP contribution < -0.4 is 5.32 Å². The summed E-state index contributed by atoms with van der Waals surface area (Å²) < 4.78 is 0. The highest BCUT2D eigenvalue weighted by molar-refractivity contribution is 6.30. The third-order valence-electron chi connectivity index (χ3n) is 3.76. The lowest BCUT2D eigenvalue weighted by atomic mass is 9.94. The van der Waals surface area contributed by atoms with E-state index in [0.717, 1.165) is 18.9 Å². The molecule has 0 radical (unpaired) electrons. The molecule has 0 unspecified atom stereocenters. The zero-order valence-electron chi connectivity index (χ0n) is 11.4. The van der Waals surface area contributed by atoms with Gasteiger partial charge in [0, 0.05) is 17.1 Å². The van der Waals surface area contributed by atoms with Crippen LogP contribution in [0.2, 0.25) is 5.02 Å². The highest BCUT2D eigenvalue weighted by atomic mass is 35.5. The Morgan fingerprint density at radius 1 is 1.42 bits per heavy atom. The Kier molecular flexibility index (Phi) is 5.23. The van der Waals surface area contributed by atoms with Crippen molar-refractivity contribution < 1.29 is 4.79 Å². The lowest BCUT2D eigenvalue weighted by Crippen LogP contribution is -2.32. The summed E-state index contributed by atoms with van der Waals surface area (Å²) in [6.45, 7) is 3.10. The van der Waals surface area contributed by atoms with Crippen molar-refractivity contribution in [3.8, 4) is 0 Å². The molecule has 2 rings (SSSR count). The Morgan fingerprint density at radius 2 is 2.16 bits per heavy atom. The first kappa shape index (κ1) is 14.4. The fourth-order valence-corrected chi connectivity index (χ4v) is 2.66. The van der Waals surface area contributed by atoms with Gasteiger partial charge in [0.1, 0.15) is 0 Å². The second-order valence-corrected chi connectivity index (χ2v) is 5.74. The number of halogens is 1. The fourth-order valence-electron chi connectivity index (χ4n) is 2.47. The molecule has 1 fully saturated rings. The Bertz CT molecular complexity index is 428. The zero-order chi connectivity index (χ0) is 13.7. The number of hydrogen-bond donors (Lipinski definition) is 1. The van der Waals surface area contributed by atoms with Crippen LogP contribution >= 0.6 is 11.6 Å². The molecule has 1 heterocycles. The maximum absolute atomic E-state index is 11.9. The third-order valence-corrected chi connectivity index (χ3v) is 4.00. The molecule has 1 N–H and O–H groups in total. The Balaban J connectivity index is 1.72. The maximum Gasteiger partial charge on any atom is 0.251 e. The molecule has 1 amide bonds. The van der Waals surface area contributed by atoms with Crippen molar-refractivity contribution in [2.24, 2.45) is 5.92 Å². The van der Waals surface area contributed by atoms with E-state index < -0.39 is 0 Å². The van der Waals surface area contributed by atoms with E-state index >= 15 is 0 Å². The molecule has 3 nitrogen and oxygen atoms in total. The van der Waals surface area contributed by atoms with Crippen molar-refractivity contribution in [3.63, 3.8) is 0 Å². The van der Waals surface area contributed by atoms with Gasteiger partial charge in [-0.25, -0.2) is 0 Å². The number of benzene rings is 1. The van der Waals surface area contributed by atoms with Crippen molar-refractivity contribution >= 4 is 17.5 Å². The molecule has 1 saturated heterocycles. The van der Waals surface area contributed by atoms with Gasteiger partial charge in [0.25, 0.3) is 5.91 Å². The van der Waals surface area contributed by atoms with Crippen LogP contribution in [0.4, 0.5) is 0 Å². The second kappa shape index (κ2) is 6.92. The fraction of sp³-hybridized carbons (Fsp3) is 0.533. The van der Waals surface area contributed by atoms with Crippen molar-refractivity contribution in [3.05, 3.63) is 34.9 Å². The van der Waals surface area contributed by atoms with Crippen LogP contribution in [0.1, 0.15) is 29.6 Å². The minimum Gasteiger partial charge on any atom is -0.352 e. The SMILES string of the molecule is CN1CCC(CCNC(=O)c2cccc(Cl)c2)CC1. The molecule has 0 aromatic heterocycles. The molecule has 0 aliphatic carbocycles. The zero-order valence-corrected chi connectivity index (χ0v) is 12.1. The molecule has 4 heteroatoms. The monoisotopic (exact) mass is 280 g/mol. The number of carbonyl (C=O) groups excluding carboxylic acids is 1. The normalized spacial score (nSPS) is 17.4. The summed E-state index contributed by atoms with van der Waals surface area (Å²) in [7, 11) is 2.16. The maximum atomic E-state index is 11.9. The molecule has 0 saturated carbocycles. The van der Waals surface area contributed by atoms with E-state index in [0.29, 0.717) is 10.6 Å². The van der Waals surface area contributed by atoms with E-state index in [4.69, 9.17) is 11.6 Å². The summed E-state index contributed by atoms with van der Waals surface area (Å²) in [5.74, 6) is 0.714. The van der Waals surface area contributed by atoms with Gasteiger partial charge in [0.15, 0.2) is 0 Å². The van der Waals surface area contributed by atoms with Crippen LogP contribution in [-0.2, 0) is 0 Å². The highest BCUT2D eigenvalue weighted by Crippen LogP contribution is 2.18. The average Bonchev–Trinajstić information content (AvgIpc) is 2.41. The minimum atomic E-state index is -0.0320. The van der Waals surface area contributed by atoms with Gasteiger partial charge in [0.05, 0.1) is 0 Å². The third kappa shape index (κ3) is 4.51. The standard InChI is InChI=1S/C15H21ClN2O/c1-18-9-6-12(7-10-18)5-8-17-15(19)13-3-2-4-14(16)11-13/h2-4,11-12H,5-10H2,1H3,(H,17,19). The molecule has 104 valence electrons. The predicted octanol–water partition coefficient (Wildman–Crippen LogP) is 2.80. The summed E-state index contributed by atoms with van der Waals surface area (Å²) in [6, 6.07) is 7.06. The van der Waals surface area contributed by atoms with Gasteiger partial charge in [-0.3, -0.25) is 4.79 Å². The van der Waals surface area contributed by atoms with Gasteiger partial charge in [-0.2, -0.15) is 0 Å². The number of nitrogens with one attached hydrogen (secondary N) is 1. The number of amides is 1. The number of nitrogens with zero attached hydrogens (tertiary/aromatic N) is 1. The molecular formula is C15H21ClN2O. The van der Waals surface area contributed by atoms with Crippen molar-refractivity contribution in [1.82, 2.24) is 10.2 Å². The largest absolute Gasteiger partial charge is 0.352 e. The van der Waals surface area contributed by atoms with E-state index in [1.807, 2.05) is 0 Å². The second-order valence-electron chi connectivity index (χ2n) is 5.30. The summed E-state index contributed by atoms with van der Waals surface area (Å²) in [5, 5.41) is 3.57. The van der Waals surface area contributed by atoms with Crippen LogP contribution in [0.3, 0.4) is 0 Å². The quantitative estimate of drug-likeness (QED) is 0.920. The van der Waals surface area contributed by atoms with Gasteiger partial charge >= 0.3 is 0 Å². The van der Waals surface area contributed by atoms with Crippen molar-refractivity contribution in [2.75, 3.05) is 26.7 Å². The summed E-state index contributed by atoms with van der Waals surface area (Å²) >= 11 is 5.87. The minimum absolute atomic E-state index is 0.0320. The van der Waals surface area contributed by atoms with Gasteiger partial charge in [-0.15, -0.1) is 0 Å².